The molecule has 1 heterocycles. The van der Waals surface area contributed by atoms with E-state index in [1.165, 1.54) is 5.39 Å². The van der Waals surface area contributed by atoms with Gasteiger partial charge in [0.05, 0.1) is 23.5 Å². The Morgan fingerprint density at radius 2 is 1.73 bits per heavy atom. The zero-order valence-corrected chi connectivity index (χ0v) is 29.0. The molecule has 0 saturated heterocycles. The molecule has 0 amide bonds. The highest BCUT2D eigenvalue weighted by Crippen LogP contribution is 2.62. The van der Waals surface area contributed by atoms with Crippen LogP contribution in [0.1, 0.15) is 63.4 Å². The van der Waals surface area contributed by atoms with Crippen LogP contribution >= 0.6 is 11.8 Å². The Labute approximate surface area is 289 Å². The Hall–Kier alpha value is -3.30. The summed E-state index contributed by atoms with van der Waals surface area (Å²) in [6.45, 7) is 6.88. The highest BCUT2D eigenvalue weighted by Gasteiger charge is 2.63. The topological polar surface area (TPSA) is 89.7 Å². The van der Waals surface area contributed by atoms with Crippen molar-refractivity contribution in [2.45, 2.75) is 68.8 Å². The van der Waals surface area contributed by atoms with Gasteiger partial charge in [-0.3, -0.25) is 0 Å². The number of thioether (sulfide) groups is 1. The predicted molar refractivity (Wildman–Crippen MR) is 194 cm³/mol. The van der Waals surface area contributed by atoms with E-state index in [1.54, 1.807) is 13.2 Å². The van der Waals surface area contributed by atoms with Crippen molar-refractivity contribution >= 4 is 28.2 Å². The first-order valence-electron chi connectivity index (χ1n) is 17.5. The Morgan fingerprint density at radius 1 is 0.979 bits per heavy atom. The van der Waals surface area contributed by atoms with Crippen molar-refractivity contribution in [2.24, 2.45) is 22.9 Å². The quantitative estimate of drug-likeness (QED) is 0.0895. The fourth-order valence-corrected chi connectivity index (χ4v) is 9.39. The molecule has 0 radical (unpaired) electrons. The highest BCUT2D eigenvalue weighted by atomic mass is 32.2. The summed E-state index contributed by atoms with van der Waals surface area (Å²) in [4.78, 5) is 5.48. The van der Waals surface area contributed by atoms with E-state index in [0.29, 0.717) is 13.0 Å². The summed E-state index contributed by atoms with van der Waals surface area (Å²) in [6, 6.07) is 20.7. The van der Waals surface area contributed by atoms with Crippen LogP contribution in [0.15, 0.2) is 90.1 Å². The lowest BCUT2D eigenvalue weighted by Gasteiger charge is -2.58. The minimum atomic E-state index is -0.933. The van der Waals surface area contributed by atoms with E-state index in [-0.39, 0.29) is 42.1 Å². The average Bonchev–Trinajstić information content (AvgIpc) is 3.10. The van der Waals surface area contributed by atoms with Gasteiger partial charge in [0.25, 0.3) is 0 Å². The zero-order chi connectivity index (χ0) is 33.5. The third-order valence-electron chi connectivity index (χ3n) is 10.1. The Kier molecular flexibility index (Phi) is 11.5. The Balaban J connectivity index is 1.51. The molecular formula is C40H49NO6S. The SMILES string of the molecule is C=CCO[C@@]12Oc3ccc(Oc4ccc5ccccc5c4)cc3[C@H]3[C@H](CCCCO)[C@@H](CCCCO)C=C(C(=NOC)C[C@@H]1SCC)[C@H]32. The molecule has 6 rings (SSSR count). The first-order chi connectivity index (χ1) is 23.6. The van der Waals surface area contributed by atoms with Crippen LogP contribution in [0, 0.1) is 17.8 Å². The molecule has 6 atom stereocenters. The molecule has 0 aromatic heterocycles. The number of fused-ring (bicyclic) bond motifs is 3. The van der Waals surface area contributed by atoms with Crippen LogP contribution in [0.3, 0.4) is 0 Å². The molecule has 3 aromatic carbocycles. The summed E-state index contributed by atoms with van der Waals surface area (Å²) in [5.41, 5.74) is 3.20. The van der Waals surface area contributed by atoms with E-state index in [0.717, 1.165) is 83.8 Å². The summed E-state index contributed by atoms with van der Waals surface area (Å²) in [6.07, 6.45) is 10.2. The van der Waals surface area contributed by atoms with Crippen molar-refractivity contribution in [3.63, 3.8) is 0 Å². The maximum Gasteiger partial charge on any atom is 0.230 e. The Morgan fingerprint density at radius 3 is 2.48 bits per heavy atom. The third kappa shape index (κ3) is 6.90. The van der Waals surface area contributed by atoms with E-state index in [1.807, 2.05) is 36.0 Å². The van der Waals surface area contributed by atoms with Crippen LogP contribution in [0.2, 0.25) is 0 Å². The number of aliphatic hydroxyl groups is 2. The van der Waals surface area contributed by atoms with Crippen molar-refractivity contribution in [1.82, 2.24) is 0 Å². The van der Waals surface area contributed by atoms with Gasteiger partial charge < -0.3 is 29.3 Å². The number of hydrogen-bond donors (Lipinski definition) is 2. The lowest BCUT2D eigenvalue weighted by molar-refractivity contribution is -0.223. The zero-order valence-electron chi connectivity index (χ0n) is 28.2. The standard InChI is InChI=1S/C40H49NO6S/c1-4-22-45-40-37(48-5-2)26-35(41-44-3)33-24-29(14-8-10-20-42)32(15-9-11-21-43)38(39(33)40)34-25-31(18-19-36(34)47-40)46-30-17-16-27-12-6-7-13-28(27)23-30/h4,6-7,12-13,16-19,23-25,29,32,37-39,42-43H,1,5,8-11,14-15,20-22,26H2,2-3H3/t29-,32+,37-,38+,39+,40+/m0/s1. The number of nitrogens with zero attached hydrogens (tertiary/aromatic N) is 1. The van der Waals surface area contributed by atoms with Crippen molar-refractivity contribution in [3.05, 3.63) is 90.5 Å². The molecule has 48 heavy (non-hydrogen) atoms. The molecule has 2 N–H and O–H groups in total. The minimum absolute atomic E-state index is 0.0216. The molecule has 8 heteroatoms. The summed E-state index contributed by atoms with van der Waals surface area (Å²) in [7, 11) is 1.62. The highest BCUT2D eigenvalue weighted by molar-refractivity contribution is 8.00. The van der Waals surface area contributed by atoms with Crippen LogP contribution < -0.4 is 9.47 Å². The van der Waals surface area contributed by atoms with Crippen molar-refractivity contribution in [2.75, 3.05) is 32.7 Å². The lowest BCUT2D eigenvalue weighted by Crippen LogP contribution is -2.64. The predicted octanol–water partition coefficient (Wildman–Crippen LogP) is 8.65. The van der Waals surface area contributed by atoms with Gasteiger partial charge in [-0.2, -0.15) is 11.8 Å². The number of ether oxygens (including phenoxy) is 3. The molecule has 1 fully saturated rings. The summed E-state index contributed by atoms with van der Waals surface area (Å²) in [5, 5.41) is 26.4. The van der Waals surface area contributed by atoms with Gasteiger partial charge in [0.15, 0.2) is 0 Å². The van der Waals surface area contributed by atoms with Crippen LogP contribution in [0.5, 0.6) is 17.2 Å². The molecule has 0 unspecified atom stereocenters. The van der Waals surface area contributed by atoms with E-state index in [2.05, 4.69) is 61.1 Å². The second-order valence-electron chi connectivity index (χ2n) is 13.0. The molecule has 3 aliphatic rings. The minimum Gasteiger partial charge on any atom is -0.460 e. The molecule has 256 valence electrons. The molecule has 7 nitrogen and oxygen atoms in total. The molecule has 1 aliphatic heterocycles. The average molecular weight is 672 g/mol. The van der Waals surface area contributed by atoms with E-state index in [9.17, 15) is 10.2 Å². The van der Waals surface area contributed by atoms with Crippen LogP contribution in [0.4, 0.5) is 0 Å². The number of rotatable bonds is 16. The van der Waals surface area contributed by atoms with Gasteiger partial charge in [-0.1, -0.05) is 67.4 Å². The smallest absolute Gasteiger partial charge is 0.230 e. The first kappa shape index (κ1) is 34.6. The van der Waals surface area contributed by atoms with Gasteiger partial charge >= 0.3 is 0 Å². The van der Waals surface area contributed by atoms with Gasteiger partial charge in [-0.15, -0.1) is 6.58 Å². The number of aliphatic hydroxyl groups excluding tert-OH is 2. The Bertz CT molecular complexity index is 1620. The number of benzene rings is 3. The fraction of sp³-hybridized carbons (Fsp3) is 0.475. The molecular weight excluding hydrogens is 623 g/mol. The lowest BCUT2D eigenvalue weighted by atomic mass is 9.56. The van der Waals surface area contributed by atoms with Crippen LogP contribution in [-0.2, 0) is 9.57 Å². The van der Waals surface area contributed by atoms with Gasteiger partial charge in [0.1, 0.15) is 24.4 Å². The normalized spacial score (nSPS) is 26.7. The number of hydrogen-bond acceptors (Lipinski definition) is 8. The largest absolute Gasteiger partial charge is 0.460 e. The fourth-order valence-electron chi connectivity index (χ4n) is 8.22. The van der Waals surface area contributed by atoms with Gasteiger partial charge in [-0.25, -0.2) is 0 Å². The van der Waals surface area contributed by atoms with E-state index < -0.39 is 5.79 Å². The van der Waals surface area contributed by atoms with E-state index in [4.69, 9.17) is 19.0 Å². The van der Waals surface area contributed by atoms with Gasteiger partial charge in [-0.05, 0) is 89.9 Å². The van der Waals surface area contributed by atoms with Gasteiger partial charge in [0.2, 0.25) is 5.79 Å². The van der Waals surface area contributed by atoms with Gasteiger partial charge in [0, 0.05) is 31.1 Å². The number of oxime groups is 1. The molecule has 0 spiro atoms. The molecule has 2 aliphatic carbocycles. The summed E-state index contributed by atoms with van der Waals surface area (Å²) < 4.78 is 20.6. The summed E-state index contributed by atoms with van der Waals surface area (Å²) >= 11 is 1.84. The van der Waals surface area contributed by atoms with Crippen molar-refractivity contribution in [3.8, 4) is 17.2 Å². The maximum absolute atomic E-state index is 9.79. The molecule has 0 bridgehead atoms. The van der Waals surface area contributed by atoms with Crippen molar-refractivity contribution < 1.29 is 29.3 Å². The van der Waals surface area contributed by atoms with Crippen molar-refractivity contribution in [1.29, 1.82) is 0 Å². The molecule has 1 saturated carbocycles. The monoisotopic (exact) mass is 671 g/mol. The van der Waals surface area contributed by atoms with Crippen LogP contribution in [0.25, 0.3) is 10.8 Å². The summed E-state index contributed by atoms with van der Waals surface area (Å²) in [5.74, 6) is 2.74. The van der Waals surface area contributed by atoms with Crippen LogP contribution in [-0.4, -0.2) is 59.6 Å². The first-order valence-corrected chi connectivity index (χ1v) is 18.5. The third-order valence-corrected chi connectivity index (χ3v) is 11.4. The second-order valence-corrected chi connectivity index (χ2v) is 14.5. The number of unbranched alkanes of at least 4 members (excludes halogenated alkanes) is 2. The second kappa shape index (κ2) is 15.9. The maximum atomic E-state index is 9.79. The van der Waals surface area contributed by atoms with E-state index >= 15 is 0 Å². The number of allylic oxidation sites excluding steroid dienone is 1. The molecule has 3 aromatic rings.